The second-order valence-electron chi connectivity index (χ2n) is 7.52. The van der Waals surface area contributed by atoms with Crippen LogP contribution in [0.25, 0.3) is 5.69 Å². The number of anilines is 1. The van der Waals surface area contributed by atoms with E-state index in [1.165, 1.54) is 17.3 Å². The van der Waals surface area contributed by atoms with Crippen molar-refractivity contribution < 1.29 is 4.79 Å². The molecule has 0 radical (unpaired) electrons. The second-order valence-corrected chi connectivity index (χ2v) is 8.46. The third-order valence-corrected chi connectivity index (χ3v) is 6.33. The van der Waals surface area contributed by atoms with E-state index in [0.717, 1.165) is 41.6 Å². The van der Waals surface area contributed by atoms with Gasteiger partial charge in [-0.1, -0.05) is 48.2 Å². The van der Waals surface area contributed by atoms with Crippen LogP contribution in [0, 0.1) is 0 Å². The molecule has 0 bridgehead atoms. The summed E-state index contributed by atoms with van der Waals surface area (Å²) >= 11 is 1.48. The molecule has 0 N–H and O–H groups in total. The van der Waals surface area contributed by atoms with Crippen LogP contribution in [0.15, 0.2) is 59.8 Å². The zero-order valence-corrected chi connectivity index (χ0v) is 16.6. The first-order valence-corrected chi connectivity index (χ1v) is 10.7. The second kappa shape index (κ2) is 7.09. The van der Waals surface area contributed by atoms with E-state index in [-0.39, 0.29) is 11.9 Å². The smallest absolute Gasteiger partial charge is 0.237 e. The Labute approximate surface area is 168 Å². The lowest BCUT2D eigenvalue weighted by molar-refractivity contribution is -0.116. The Bertz CT molecular complexity index is 1010. The Kier molecular flexibility index (Phi) is 4.43. The van der Waals surface area contributed by atoms with Crippen LogP contribution in [0.3, 0.4) is 0 Å². The maximum Gasteiger partial charge on any atom is 0.237 e. The molecule has 28 heavy (non-hydrogen) atoms. The molecule has 1 atom stereocenters. The summed E-state index contributed by atoms with van der Waals surface area (Å²) in [6.45, 7) is 2.11. The van der Waals surface area contributed by atoms with Crippen LogP contribution in [-0.4, -0.2) is 32.5 Å². The van der Waals surface area contributed by atoms with Gasteiger partial charge in [-0.05, 0) is 49.9 Å². The Balaban J connectivity index is 1.38. The van der Waals surface area contributed by atoms with Crippen molar-refractivity contribution >= 4 is 23.4 Å². The normalized spacial score (nSPS) is 18.3. The van der Waals surface area contributed by atoms with Crippen molar-refractivity contribution in [2.45, 2.75) is 43.3 Å². The van der Waals surface area contributed by atoms with Gasteiger partial charge in [0, 0.05) is 23.3 Å². The fourth-order valence-electron chi connectivity index (χ4n) is 3.94. The van der Waals surface area contributed by atoms with Crippen LogP contribution >= 0.6 is 11.8 Å². The largest absolute Gasteiger partial charge is 0.308 e. The lowest BCUT2D eigenvalue weighted by atomic mass is 10.1. The van der Waals surface area contributed by atoms with E-state index in [0.29, 0.717) is 11.7 Å². The number of amides is 1. The predicted octanol–water partition coefficient (Wildman–Crippen LogP) is 4.21. The predicted molar refractivity (Wildman–Crippen MR) is 111 cm³/mol. The number of carbonyl (C=O) groups excluding carboxylic acids is 1. The van der Waals surface area contributed by atoms with Crippen molar-refractivity contribution in [2.75, 3.05) is 10.7 Å². The van der Waals surface area contributed by atoms with E-state index in [4.69, 9.17) is 0 Å². The minimum atomic E-state index is 0.123. The molecule has 6 heteroatoms. The molecule has 0 spiro atoms. The van der Waals surface area contributed by atoms with Gasteiger partial charge in [0.2, 0.25) is 5.91 Å². The van der Waals surface area contributed by atoms with Crippen molar-refractivity contribution in [3.05, 3.63) is 66.0 Å². The van der Waals surface area contributed by atoms with Gasteiger partial charge in [-0.15, -0.1) is 10.2 Å². The average molecular weight is 391 g/mol. The highest BCUT2D eigenvalue weighted by Gasteiger charge is 2.33. The number of fused-ring (bicyclic) bond motifs is 1. The minimum Gasteiger partial charge on any atom is -0.308 e. The summed E-state index contributed by atoms with van der Waals surface area (Å²) in [5.41, 5.74) is 3.35. The SMILES string of the molecule is CC1Cc2ccccc2N1C(=O)CSc1nnc(C2CC2)n1-c1ccccc1. The lowest BCUT2D eigenvalue weighted by Crippen LogP contribution is -2.37. The number of nitrogens with zero attached hydrogens (tertiary/aromatic N) is 4. The molecule has 5 nitrogen and oxygen atoms in total. The van der Waals surface area contributed by atoms with E-state index in [9.17, 15) is 4.79 Å². The molecule has 2 aromatic carbocycles. The van der Waals surface area contributed by atoms with Gasteiger partial charge in [0.25, 0.3) is 0 Å². The summed E-state index contributed by atoms with van der Waals surface area (Å²) in [6, 6.07) is 18.6. The molecule has 1 amide bonds. The quantitative estimate of drug-likeness (QED) is 0.612. The maximum atomic E-state index is 13.0. The molecule has 1 aliphatic carbocycles. The average Bonchev–Trinajstić information content (AvgIpc) is 3.38. The van der Waals surface area contributed by atoms with Crippen molar-refractivity contribution in [1.29, 1.82) is 0 Å². The van der Waals surface area contributed by atoms with Gasteiger partial charge >= 0.3 is 0 Å². The molecule has 5 rings (SSSR count). The number of rotatable bonds is 5. The third kappa shape index (κ3) is 3.11. The van der Waals surface area contributed by atoms with Crippen LogP contribution in [-0.2, 0) is 11.2 Å². The van der Waals surface area contributed by atoms with Gasteiger partial charge in [0.05, 0.1) is 5.75 Å². The van der Waals surface area contributed by atoms with E-state index in [1.54, 1.807) is 0 Å². The van der Waals surface area contributed by atoms with E-state index < -0.39 is 0 Å². The Morgan fingerprint density at radius 2 is 1.82 bits per heavy atom. The van der Waals surface area contributed by atoms with Crippen molar-refractivity contribution in [3.8, 4) is 5.69 Å². The molecule has 2 heterocycles. The van der Waals surface area contributed by atoms with Crippen LogP contribution < -0.4 is 4.90 Å². The molecular formula is C22H22N4OS. The van der Waals surface area contributed by atoms with E-state index >= 15 is 0 Å². The molecule has 3 aromatic rings. The Hall–Kier alpha value is -2.60. The van der Waals surface area contributed by atoms with Crippen LogP contribution in [0.2, 0.25) is 0 Å². The first-order chi connectivity index (χ1) is 13.7. The van der Waals surface area contributed by atoms with Crippen LogP contribution in [0.1, 0.15) is 37.1 Å². The van der Waals surface area contributed by atoms with Gasteiger partial charge in [0.1, 0.15) is 5.82 Å². The number of para-hydroxylation sites is 2. The molecular weight excluding hydrogens is 368 g/mol. The summed E-state index contributed by atoms with van der Waals surface area (Å²) < 4.78 is 2.12. The molecule has 2 aliphatic rings. The van der Waals surface area contributed by atoms with Crippen LogP contribution in [0.4, 0.5) is 5.69 Å². The summed E-state index contributed by atoms with van der Waals surface area (Å²) in [6.07, 6.45) is 3.24. The topological polar surface area (TPSA) is 51.0 Å². The number of thioether (sulfide) groups is 1. The highest BCUT2D eigenvalue weighted by molar-refractivity contribution is 7.99. The Morgan fingerprint density at radius 3 is 2.61 bits per heavy atom. The lowest BCUT2D eigenvalue weighted by Gasteiger charge is -2.22. The minimum absolute atomic E-state index is 0.123. The first kappa shape index (κ1) is 17.5. The number of hydrogen-bond acceptors (Lipinski definition) is 4. The number of benzene rings is 2. The molecule has 1 aliphatic heterocycles. The molecule has 142 valence electrons. The third-order valence-electron chi connectivity index (χ3n) is 5.42. The van der Waals surface area contributed by atoms with Crippen molar-refractivity contribution in [3.63, 3.8) is 0 Å². The monoisotopic (exact) mass is 390 g/mol. The molecule has 0 saturated heterocycles. The Morgan fingerprint density at radius 1 is 1.07 bits per heavy atom. The zero-order valence-electron chi connectivity index (χ0n) is 15.8. The van der Waals surface area contributed by atoms with Gasteiger partial charge in [-0.3, -0.25) is 9.36 Å². The fourth-order valence-corrected chi connectivity index (χ4v) is 4.76. The maximum absolute atomic E-state index is 13.0. The van der Waals surface area contributed by atoms with Crippen molar-refractivity contribution in [2.24, 2.45) is 0 Å². The number of carbonyl (C=O) groups is 1. The summed E-state index contributed by atoms with van der Waals surface area (Å²) in [7, 11) is 0. The standard InChI is InChI=1S/C22H22N4OS/c1-15-13-17-7-5-6-10-19(17)25(15)20(27)14-28-22-24-23-21(16-11-12-16)26(22)18-8-3-2-4-9-18/h2-10,15-16H,11-14H2,1H3. The van der Waals surface area contributed by atoms with Gasteiger partial charge < -0.3 is 4.90 Å². The highest BCUT2D eigenvalue weighted by atomic mass is 32.2. The fraction of sp³-hybridized carbons (Fsp3) is 0.318. The van der Waals surface area contributed by atoms with Crippen molar-refractivity contribution in [1.82, 2.24) is 14.8 Å². The number of aromatic nitrogens is 3. The summed E-state index contributed by atoms with van der Waals surface area (Å²) in [5, 5.41) is 9.66. The molecule has 1 unspecified atom stereocenters. The molecule has 1 aromatic heterocycles. The highest BCUT2D eigenvalue weighted by Crippen LogP contribution is 2.41. The molecule has 1 fully saturated rings. The van der Waals surface area contributed by atoms with Gasteiger partial charge in [-0.2, -0.15) is 0 Å². The number of hydrogen-bond donors (Lipinski definition) is 0. The summed E-state index contributed by atoms with van der Waals surface area (Å²) in [5.74, 6) is 1.98. The first-order valence-electron chi connectivity index (χ1n) is 9.76. The zero-order chi connectivity index (χ0) is 19.1. The van der Waals surface area contributed by atoms with Gasteiger partial charge in [0.15, 0.2) is 5.16 Å². The summed E-state index contributed by atoms with van der Waals surface area (Å²) in [4.78, 5) is 15.0. The molecule has 1 saturated carbocycles. The van der Waals surface area contributed by atoms with E-state index in [2.05, 4.69) is 39.9 Å². The van der Waals surface area contributed by atoms with Crippen LogP contribution in [0.5, 0.6) is 0 Å². The van der Waals surface area contributed by atoms with E-state index in [1.807, 2.05) is 41.3 Å². The van der Waals surface area contributed by atoms with Gasteiger partial charge in [-0.25, -0.2) is 0 Å².